The molecule has 9 heteroatoms. The van der Waals surface area contributed by atoms with Crippen LogP contribution in [0.2, 0.25) is 10.0 Å². The maximum atomic E-state index is 12.4. The first-order valence-electron chi connectivity index (χ1n) is 8.63. The molecule has 150 valence electrons. The van der Waals surface area contributed by atoms with Crippen LogP contribution in [0.4, 0.5) is 5.69 Å². The first-order chi connectivity index (χ1) is 14.4. The van der Waals surface area contributed by atoms with Crippen molar-refractivity contribution in [1.29, 1.82) is 0 Å². The number of halogens is 3. The van der Waals surface area contributed by atoms with Crippen molar-refractivity contribution in [2.45, 2.75) is 0 Å². The summed E-state index contributed by atoms with van der Waals surface area (Å²) in [5, 5.41) is 6.59. The van der Waals surface area contributed by atoms with Crippen LogP contribution < -0.4 is 10.6 Å². The zero-order valence-corrected chi connectivity index (χ0v) is 19.0. The molecule has 1 aromatic heterocycles. The van der Waals surface area contributed by atoms with Gasteiger partial charge in [-0.05, 0) is 60.7 Å². The van der Waals surface area contributed by atoms with Gasteiger partial charge in [0.1, 0.15) is 5.52 Å². The van der Waals surface area contributed by atoms with Crippen molar-refractivity contribution in [2.24, 2.45) is 0 Å². The zero-order chi connectivity index (χ0) is 21.3. The second-order valence-corrected chi connectivity index (χ2v) is 8.35. The quantitative estimate of drug-likeness (QED) is 0.294. The number of amides is 1. The summed E-state index contributed by atoms with van der Waals surface area (Å²) >= 11 is 20.9. The third-order valence-corrected chi connectivity index (χ3v) is 5.51. The Hall–Kier alpha value is -2.45. The maximum Gasteiger partial charge on any atom is 0.258 e. The van der Waals surface area contributed by atoms with E-state index in [2.05, 4.69) is 31.5 Å². The Morgan fingerprint density at radius 2 is 1.83 bits per heavy atom. The second kappa shape index (κ2) is 8.73. The fraction of sp³-hybridized carbons (Fsp3) is 0. The van der Waals surface area contributed by atoms with Gasteiger partial charge >= 0.3 is 0 Å². The van der Waals surface area contributed by atoms with Crippen molar-refractivity contribution in [1.82, 2.24) is 10.3 Å². The number of carbonyl (C=O) groups excluding carboxylic acids is 1. The number of hydrogen-bond acceptors (Lipinski definition) is 4. The fourth-order valence-electron chi connectivity index (χ4n) is 2.76. The van der Waals surface area contributed by atoms with Crippen LogP contribution in [0, 0.1) is 0 Å². The number of nitrogens with zero attached hydrogens (tertiary/aromatic N) is 1. The van der Waals surface area contributed by atoms with Crippen molar-refractivity contribution in [3.8, 4) is 11.5 Å². The predicted molar refractivity (Wildman–Crippen MR) is 127 cm³/mol. The lowest BCUT2D eigenvalue weighted by atomic mass is 10.2. The fourth-order valence-corrected chi connectivity index (χ4v) is 3.75. The van der Waals surface area contributed by atoms with Gasteiger partial charge < -0.3 is 9.73 Å². The molecule has 1 amide bonds. The molecular weight excluding hydrogens is 509 g/mol. The molecule has 0 atom stereocenters. The molecule has 4 rings (SSSR count). The molecule has 4 aromatic rings. The second-order valence-electron chi connectivity index (χ2n) is 6.21. The number of rotatable bonds is 3. The van der Waals surface area contributed by atoms with Crippen LogP contribution >= 0.6 is 51.3 Å². The molecule has 0 aliphatic rings. The summed E-state index contributed by atoms with van der Waals surface area (Å²) in [6.45, 7) is 0. The highest BCUT2D eigenvalue weighted by atomic mass is 79.9. The van der Waals surface area contributed by atoms with Gasteiger partial charge in [-0.1, -0.05) is 51.3 Å². The zero-order valence-electron chi connectivity index (χ0n) is 15.1. The molecular formula is C21H12BrCl2N3O2S. The van der Waals surface area contributed by atoms with Crippen LogP contribution in [0.1, 0.15) is 10.4 Å². The standard InChI is InChI=1S/C21H12BrCl2N3O2S/c22-11-5-7-16(24)14(9-11)19(28)27-21(30)25-12-6-8-18-17(10-12)26-20(29-18)13-3-1-2-4-15(13)23/h1-10H,(H2,25,27,28,30). The molecule has 0 bridgehead atoms. The molecule has 5 nitrogen and oxygen atoms in total. The minimum Gasteiger partial charge on any atom is -0.436 e. The molecule has 3 aromatic carbocycles. The summed E-state index contributed by atoms with van der Waals surface area (Å²) in [7, 11) is 0. The van der Waals surface area contributed by atoms with E-state index in [1.165, 1.54) is 0 Å². The maximum absolute atomic E-state index is 12.4. The van der Waals surface area contributed by atoms with Crippen molar-refractivity contribution in [3.63, 3.8) is 0 Å². The Bertz CT molecular complexity index is 1290. The lowest BCUT2D eigenvalue weighted by molar-refractivity contribution is 0.0978. The Morgan fingerprint density at radius 1 is 1.03 bits per heavy atom. The van der Waals surface area contributed by atoms with E-state index in [-0.39, 0.29) is 5.11 Å². The van der Waals surface area contributed by atoms with Gasteiger partial charge in [-0.25, -0.2) is 4.98 Å². The number of nitrogens with one attached hydrogen (secondary N) is 2. The molecule has 2 N–H and O–H groups in total. The molecule has 0 aliphatic heterocycles. The van der Waals surface area contributed by atoms with Gasteiger partial charge in [0.05, 0.1) is 21.2 Å². The van der Waals surface area contributed by atoms with E-state index in [0.717, 1.165) is 4.47 Å². The predicted octanol–water partition coefficient (Wildman–Crippen LogP) is 6.69. The SMILES string of the molecule is O=C(NC(=S)Nc1ccc2oc(-c3ccccc3Cl)nc2c1)c1cc(Br)ccc1Cl. The largest absolute Gasteiger partial charge is 0.436 e. The monoisotopic (exact) mass is 519 g/mol. The van der Waals surface area contributed by atoms with E-state index in [0.29, 0.717) is 43.9 Å². The molecule has 30 heavy (non-hydrogen) atoms. The van der Waals surface area contributed by atoms with Crippen molar-refractivity contribution in [3.05, 3.63) is 80.7 Å². The topological polar surface area (TPSA) is 67.2 Å². The Balaban J connectivity index is 1.51. The molecule has 0 spiro atoms. The van der Waals surface area contributed by atoms with Crippen molar-refractivity contribution < 1.29 is 9.21 Å². The van der Waals surface area contributed by atoms with Gasteiger partial charge in [0.25, 0.3) is 5.91 Å². The number of hydrogen-bond donors (Lipinski definition) is 2. The molecule has 0 unspecified atom stereocenters. The van der Waals surface area contributed by atoms with E-state index in [1.807, 2.05) is 18.2 Å². The van der Waals surface area contributed by atoms with E-state index < -0.39 is 5.91 Å². The summed E-state index contributed by atoms with van der Waals surface area (Å²) in [6.07, 6.45) is 0. The summed E-state index contributed by atoms with van der Waals surface area (Å²) in [6, 6.07) is 17.6. The Kier molecular flexibility index (Phi) is 6.06. The van der Waals surface area contributed by atoms with Crippen molar-refractivity contribution in [2.75, 3.05) is 5.32 Å². The highest BCUT2D eigenvalue weighted by Crippen LogP contribution is 2.30. The summed E-state index contributed by atoms with van der Waals surface area (Å²) < 4.78 is 6.53. The minimum absolute atomic E-state index is 0.130. The molecule has 0 fully saturated rings. The smallest absolute Gasteiger partial charge is 0.258 e. The third kappa shape index (κ3) is 4.49. The lowest BCUT2D eigenvalue weighted by Gasteiger charge is -2.10. The first-order valence-corrected chi connectivity index (χ1v) is 10.6. The molecule has 1 heterocycles. The average molecular weight is 521 g/mol. The van der Waals surface area contributed by atoms with Crippen LogP contribution in [0.3, 0.4) is 0 Å². The highest BCUT2D eigenvalue weighted by Gasteiger charge is 2.14. The first kappa shape index (κ1) is 20.8. The number of benzene rings is 3. The van der Waals surface area contributed by atoms with E-state index in [4.69, 9.17) is 39.8 Å². The van der Waals surface area contributed by atoms with Crippen LogP contribution in [0.5, 0.6) is 0 Å². The number of oxazole rings is 1. The average Bonchev–Trinajstić information content (AvgIpc) is 3.13. The van der Waals surface area contributed by atoms with Gasteiger partial charge in [-0.2, -0.15) is 0 Å². The van der Waals surface area contributed by atoms with E-state index >= 15 is 0 Å². The van der Waals surface area contributed by atoms with Gasteiger partial charge in [0.15, 0.2) is 10.7 Å². The highest BCUT2D eigenvalue weighted by molar-refractivity contribution is 9.10. The van der Waals surface area contributed by atoms with E-state index in [9.17, 15) is 4.79 Å². The number of anilines is 1. The Labute approximate surface area is 195 Å². The van der Waals surface area contributed by atoms with Crippen LogP contribution in [-0.2, 0) is 0 Å². The van der Waals surface area contributed by atoms with Crippen LogP contribution in [0.15, 0.2) is 69.6 Å². The van der Waals surface area contributed by atoms with Gasteiger partial charge in [0, 0.05) is 10.2 Å². The normalized spacial score (nSPS) is 10.8. The molecule has 0 aliphatic carbocycles. The number of fused-ring (bicyclic) bond motifs is 1. The van der Waals surface area contributed by atoms with Gasteiger partial charge in [-0.15, -0.1) is 0 Å². The number of carbonyl (C=O) groups is 1. The summed E-state index contributed by atoms with van der Waals surface area (Å²) in [5.74, 6) is 0.00949. The summed E-state index contributed by atoms with van der Waals surface area (Å²) in [5.41, 5.74) is 2.89. The third-order valence-electron chi connectivity index (χ3n) is 4.15. The van der Waals surface area contributed by atoms with E-state index in [1.54, 1.807) is 42.5 Å². The van der Waals surface area contributed by atoms with Gasteiger partial charge in [0.2, 0.25) is 5.89 Å². The van der Waals surface area contributed by atoms with Crippen molar-refractivity contribution >= 4 is 79.2 Å². The number of thiocarbonyl (C=S) groups is 1. The lowest BCUT2D eigenvalue weighted by Crippen LogP contribution is -2.34. The number of aromatic nitrogens is 1. The molecule has 0 radical (unpaired) electrons. The Morgan fingerprint density at radius 3 is 2.63 bits per heavy atom. The molecule has 0 saturated carbocycles. The summed E-state index contributed by atoms with van der Waals surface area (Å²) in [4.78, 5) is 16.9. The van der Waals surface area contributed by atoms with Crippen LogP contribution in [0.25, 0.3) is 22.6 Å². The minimum atomic E-state index is -0.415. The molecule has 0 saturated heterocycles. The van der Waals surface area contributed by atoms with Crippen LogP contribution in [-0.4, -0.2) is 16.0 Å². The van der Waals surface area contributed by atoms with Gasteiger partial charge in [-0.3, -0.25) is 10.1 Å².